The maximum Gasteiger partial charge on any atom is 0.416 e. The van der Waals surface area contributed by atoms with Gasteiger partial charge in [0.05, 0.1) is 12.0 Å². The molecule has 3 aromatic rings. The van der Waals surface area contributed by atoms with Gasteiger partial charge in [-0.1, -0.05) is 45.0 Å². The third kappa shape index (κ3) is 8.60. The topological polar surface area (TPSA) is 75.6 Å². The number of carboxylic acid groups (broad SMARTS) is 1. The maximum absolute atomic E-state index is 13.0. The first-order valence-electron chi connectivity index (χ1n) is 13.2. The van der Waals surface area contributed by atoms with Crippen LogP contribution >= 0.6 is 0 Å². The molecule has 0 aromatic heterocycles. The molecule has 0 bridgehead atoms. The van der Waals surface area contributed by atoms with Crippen LogP contribution in [0.3, 0.4) is 0 Å². The Hall–Kier alpha value is -3.81. The monoisotopic (exact) mass is 555 g/mol. The first-order chi connectivity index (χ1) is 18.6. The van der Waals surface area contributed by atoms with Crippen molar-refractivity contribution in [1.82, 2.24) is 5.32 Å². The summed E-state index contributed by atoms with van der Waals surface area (Å²) >= 11 is 0. The summed E-state index contributed by atoms with van der Waals surface area (Å²) in [6.07, 6.45) is -3.21. The van der Waals surface area contributed by atoms with Gasteiger partial charge in [-0.05, 0) is 96.3 Å². The SMILES string of the molecule is Cc1cc(OC(CCC(C)(C)C)c2ccc(C(=O)NCCC(=O)O)cc2)cc(C)c1-c1ccc(C(F)(F)F)cc1. The van der Waals surface area contributed by atoms with Crippen LogP contribution < -0.4 is 10.1 Å². The van der Waals surface area contributed by atoms with E-state index in [1.54, 1.807) is 12.1 Å². The Labute approximate surface area is 233 Å². The maximum atomic E-state index is 13.0. The molecule has 0 aliphatic heterocycles. The van der Waals surface area contributed by atoms with Crippen LogP contribution in [0.4, 0.5) is 13.2 Å². The van der Waals surface area contributed by atoms with E-state index in [0.717, 1.165) is 47.2 Å². The molecular formula is C32H36F3NO4. The van der Waals surface area contributed by atoms with Crippen LogP contribution in [0.2, 0.25) is 0 Å². The number of halogens is 3. The molecule has 0 saturated heterocycles. The minimum absolute atomic E-state index is 0.0500. The van der Waals surface area contributed by atoms with Gasteiger partial charge in [-0.3, -0.25) is 9.59 Å². The highest BCUT2D eigenvalue weighted by atomic mass is 19.4. The second-order valence-corrected chi connectivity index (χ2v) is 11.2. The van der Waals surface area contributed by atoms with Gasteiger partial charge in [0.2, 0.25) is 0 Å². The van der Waals surface area contributed by atoms with Gasteiger partial charge in [0, 0.05) is 12.1 Å². The number of hydrogen-bond donors (Lipinski definition) is 2. The zero-order valence-electron chi connectivity index (χ0n) is 23.5. The molecule has 0 fully saturated rings. The number of alkyl halides is 3. The van der Waals surface area contributed by atoms with Crippen molar-refractivity contribution < 1.29 is 32.6 Å². The molecular weight excluding hydrogens is 519 g/mol. The molecule has 0 spiro atoms. The van der Waals surface area contributed by atoms with Gasteiger partial charge in [0.15, 0.2) is 0 Å². The van der Waals surface area contributed by atoms with E-state index >= 15 is 0 Å². The number of amides is 1. The third-order valence-corrected chi connectivity index (χ3v) is 6.61. The average molecular weight is 556 g/mol. The molecule has 40 heavy (non-hydrogen) atoms. The predicted molar refractivity (Wildman–Crippen MR) is 149 cm³/mol. The van der Waals surface area contributed by atoms with E-state index in [-0.39, 0.29) is 30.4 Å². The molecule has 8 heteroatoms. The number of benzene rings is 3. The van der Waals surface area contributed by atoms with Crippen molar-refractivity contribution >= 4 is 11.9 Å². The number of rotatable bonds is 10. The molecule has 5 nitrogen and oxygen atoms in total. The van der Waals surface area contributed by atoms with Gasteiger partial charge >= 0.3 is 12.1 Å². The number of hydrogen-bond acceptors (Lipinski definition) is 3. The van der Waals surface area contributed by atoms with Crippen LogP contribution in [-0.4, -0.2) is 23.5 Å². The molecule has 2 N–H and O–H groups in total. The predicted octanol–water partition coefficient (Wildman–Crippen LogP) is 8.14. The number of carbonyl (C=O) groups excluding carboxylic acids is 1. The van der Waals surface area contributed by atoms with Crippen molar-refractivity contribution in [2.24, 2.45) is 5.41 Å². The number of ether oxygens (including phenoxy) is 1. The van der Waals surface area contributed by atoms with E-state index in [1.165, 1.54) is 12.1 Å². The Morgan fingerprint density at radius 3 is 2.00 bits per heavy atom. The van der Waals surface area contributed by atoms with Crippen molar-refractivity contribution in [2.45, 2.75) is 66.2 Å². The van der Waals surface area contributed by atoms with Gasteiger partial charge in [-0.25, -0.2) is 0 Å². The summed E-state index contributed by atoms with van der Waals surface area (Å²) in [5.74, 6) is -0.669. The first kappa shape index (κ1) is 30.7. The second kappa shape index (κ2) is 12.6. The smallest absolute Gasteiger partial charge is 0.416 e. The summed E-state index contributed by atoms with van der Waals surface area (Å²) in [6.45, 7) is 10.3. The van der Waals surface area contributed by atoms with Gasteiger partial charge in [0.25, 0.3) is 5.91 Å². The van der Waals surface area contributed by atoms with E-state index in [4.69, 9.17) is 9.84 Å². The van der Waals surface area contributed by atoms with Crippen LogP contribution in [0.5, 0.6) is 5.75 Å². The van der Waals surface area contributed by atoms with Crippen LogP contribution in [0, 0.1) is 19.3 Å². The molecule has 1 atom stereocenters. The third-order valence-electron chi connectivity index (χ3n) is 6.61. The van der Waals surface area contributed by atoms with E-state index in [1.807, 2.05) is 38.1 Å². The molecule has 214 valence electrons. The first-order valence-corrected chi connectivity index (χ1v) is 13.2. The van der Waals surface area contributed by atoms with Crippen molar-refractivity contribution in [3.63, 3.8) is 0 Å². The number of aliphatic carboxylic acids is 1. The highest BCUT2D eigenvalue weighted by Crippen LogP contribution is 2.37. The van der Waals surface area contributed by atoms with Crippen molar-refractivity contribution in [2.75, 3.05) is 6.54 Å². The van der Waals surface area contributed by atoms with Crippen LogP contribution in [-0.2, 0) is 11.0 Å². The minimum atomic E-state index is -4.38. The van der Waals surface area contributed by atoms with Crippen molar-refractivity contribution in [3.05, 3.63) is 88.5 Å². The largest absolute Gasteiger partial charge is 0.486 e. The number of aryl methyl sites for hydroxylation is 2. The van der Waals surface area contributed by atoms with Crippen LogP contribution in [0.1, 0.15) is 78.7 Å². The van der Waals surface area contributed by atoms with E-state index < -0.39 is 17.7 Å². The highest BCUT2D eigenvalue weighted by molar-refractivity contribution is 5.94. The molecule has 1 amide bonds. The van der Waals surface area contributed by atoms with E-state index in [2.05, 4.69) is 26.1 Å². The molecule has 3 rings (SSSR count). The zero-order chi connectivity index (χ0) is 29.7. The van der Waals surface area contributed by atoms with Crippen LogP contribution in [0.25, 0.3) is 11.1 Å². The van der Waals surface area contributed by atoms with Gasteiger partial charge in [-0.15, -0.1) is 0 Å². The zero-order valence-corrected chi connectivity index (χ0v) is 23.5. The lowest BCUT2D eigenvalue weighted by atomic mass is 9.88. The molecule has 0 aliphatic carbocycles. The Morgan fingerprint density at radius 1 is 0.925 bits per heavy atom. The molecule has 1 unspecified atom stereocenters. The Balaban J connectivity index is 1.84. The fraction of sp³-hybridized carbons (Fsp3) is 0.375. The molecule has 0 saturated carbocycles. The lowest BCUT2D eigenvalue weighted by Gasteiger charge is -2.25. The summed E-state index contributed by atoms with van der Waals surface area (Å²) < 4.78 is 45.5. The fourth-order valence-corrected chi connectivity index (χ4v) is 4.53. The Kier molecular flexibility index (Phi) is 9.66. The summed E-state index contributed by atoms with van der Waals surface area (Å²) in [5, 5.41) is 11.4. The molecule has 0 aliphatic rings. The lowest BCUT2D eigenvalue weighted by Crippen LogP contribution is -2.26. The van der Waals surface area contributed by atoms with Gasteiger partial charge < -0.3 is 15.2 Å². The Morgan fingerprint density at radius 2 is 1.50 bits per heavy atom. The highest BCUT2D eigenvalue weighted by Gasteiger charge is 2.30. The van der Waals surface area contributed by atoms with E-state index in [9.17, 15) is 22.8 Å². The summed E-state index contributed by atoms with van der Waals surface area (Å²) in [6, 6.07) is 16.0. The fourth-order valence-electron chi connectivity index (χ4n) is 4.53. The summed E-state index contributed by atoms with van der Waals surface area (Å²) in [5.41, 5.74) is 4.06. The van der Waals surface area contributed by atoms with Crippen LogP contribution in [0.15, 0.2) is 60.7 Å². The van der Waals surface area contributed by atoms with Gasteiger partial charge in [0.1, 0.15) is 11.9 Å². The van der Waals surface area contributed by atoms with E-state index in [0.29, 0.717) is 16.9 Å². The molecule has 0 heterocycles. The van der Waals surface area contributed by atoms with Gasteiger partial charge in [-0.2, -0.15) is 13.2 Å². The number of carboxylic acids is 1. The van der Waals surface area contributed by atoms with Crippen molar-refractivity contribution in [3.8, 4) is 16.9 Å². The summed E-state index contributed by atoms with van der Waals surface area (Å²) in [4.78, 5) is 23.1. The molecule has 3 aromatic carbocycles. The summed E-state index contributed by atoms with van der Waals surface area (Å²) in [7, 11) is 0. The standard InChI is InChI=1S/C32H36F3NO4/c1-20-18-26(19-21(2)29(20)23-10-12-25(13-11-23)32(33,34)35)40-27(14-16-31(3,4)5)22-6-8-24(9-7-22)30(39)36-17-15-28(37)38/h6-13,18-19,27H,14-17H2,1-5H3,(H,36,39)(H,37,38). The minimum Gasteiger partial charge on any atom is -0.486 e. The average Bonchev–Trinajstić information content (AvgIpc) is 2.85. The van der Waals surface area contributed by atoms with Crippen molar-refractivity contribution in [1.29, 1.82) is 0 Å². The normalized spacial score (nSPS) is 12.6. The second-order valence-electron chi connectivity index (χ2n) is 11.2. The quantitative estimate of drug-likeness (QED) is 0.265. The lowest BCUT2D eigenvalue weighted by molar-refractivity contribution is -0.138. The number of nitrogens with one attached hydrogen (secondary N) is 1. The Bertz CT molecular complexity index is 1300. The molecule has 0 radical (unpaired) electrons. The number of carbonyl (C=O) groups is 2.